The molecule has 0 unspecified atom stereocenters. The number of aromatic nitrogens is 2. The molecular weight excluding hydrogens is 414 g/mol. The lowest BCUT2D eigenvalue weighted by Crippen LogP contribution is -2.29. The Morgan fingerprint density at radius 1 is 1.10 bits per heavy atom. The molecule has 0 spiro atoms. The second kappa shape index (κ2) is 8.80. The van der Waals surface area contributed by atoms with Gasteiger partial charge in [-0.1, -0.05) is 11.3 Å². The molecule has 2 heterocycles. The van der Waals surface area contributed by atoms with Gasteiger partial charge in [0, 0.05) is 23.6 Å². The highest BCUT2D eigenvalue weighted by molar-refractivity contribution is 7.20. The van der Waals surface area contributed by atoms with Crippen LogP contribution in [-0.2, 0) is 9.59 Å². The number of aliphatic carboxylic acids is 1. The third-order valence-electron chi connectivity index (χ3n) is 3.61. The summed E-state index contributed by atoms with van der Waals surface area (Å²) in [4.78, 5) is 43.3. The van der Waals surface area contributed by atoms with Gasteiger partial charge >= 0.3 is 5.97 Å². The Bertz CT molecular complexity index is 1060. The van der Waals surface area contributed by atoms with Crippen LogP contribution < -0.4 is 16.0 Å². The Morgan fingerprint density at radius 3 is 2.48 bits per heavy atom. The number of carboxylic acid groups (broad SMARTS) is 1. The Kier molecular flexibility index (Phi) is 6.20. The predicted octanol–water partition coefficient (Wildman–Crippen LogP) is 3.09. The van der Waals surface area contributed by atoms with Crippen LogP contribution in [-0.4, -0.2) is 39.4 Å². The fraction of sp³-hybridized carbons (Fsp3) is 0.167. The van der Waals surface area contributed by atoms with Crippen LogP contribution in [0.3, 0.4) is 0 Å². The smallest absolute Gasteiger partial charge is 0.322 e. The minimum absolute atomic E-state index is 0.175. The van der Waals surface area contributed by atoms with E-state index in [1.165, 1.54) is 29.6 Å². The van der Waals surface area contributed by atoms with E-state index in [1.807, 2.05) is 12.3 Å². The average molecular weight is 431 g/mol. The van der Waals surface area contributed by atoms with Gasteiger partial charge in [0.1, 0.15) is 6.54 Å². The van der Waals surface area contributed by atoms with Gasteiger partial charge in [-0.2, -0.15) is 0 Å². The summed E-state index contributed by atoms with van der Waals surface area (Å²) in [6.45, 7) is 2.86. The van der Waals surface area contributed by atoms with Crippen molar-refractivity contribution in [3.05, 3.63) is 40.9 Å². The van der Waals surface area contributed by atoms with Crippen molar-refractivity contribution in [3.8, 4) is 10.6 Å². The van der Waals surface area contributed by atoms with Gasteiger partial charge in [0.25, 0.3) is 5.91 Å². The van der Waals surface area contributed by atoms with Gasteiger partial charge in [-0.15, -0.1) is 11.3 Å². The van der Waals surface area contributed by atoms with Crippen LogP contribution >= 0.6 is 22.7 Å². The summed E-state index contributed by atoms with van der Waals surface area (Å²) in [5.41, 5.74) is 2.64. The normalized spacial score (nSPS) is 10.4. The molecule has 0 saturated heterocycles. The molecule has 0 aliphatic rings. The molecule has 3 aromatic rings. The third-order valence-corrected chi connectivity index (χ3v) is 5.47. The van der Waals surface area contributed by atoms with Gasteiger partial charge in [-0.05, 0) is 31.2 Å². The zero-order chi connectivity index (χ0) is 21.0. The highest BCUT2D eigenvalue weighted by Crippen LogP contribution is 2.35. The quantitative estimate of drug-likeness (QED) is 0.452. The van der Waals surface area contributed by atoms with Crippen molar-refractivity contribution in [1.82, 2.24) is 15.3 Å². The zero-order valence-corrected chi connectivity index (χ0v) is 17.1. The Balaban J connectivity index is 1.67. The molecule has 150 valence electrons. The predicted molar refractivity (Wildman–Crippen MR) is 112 cm³/mol. The van der Waals surface area contributed by atoms with Crippen molar-refractivity contribution in [1.29, 1.82) is 0 Å². The fourth-order valence-corrected chi connectivity index (χ4v) is 4.13. The van der Waals surface area contributed by atoms with Crippen molar-refractivity contribution < 1.29 is 19.5 Å². The van der Waals surface area contributed by atoms with Gasteiger partial charge in [-0.3, -0.25) is 14.4 Å². The van der Waals surface area contributed by atoms with E-state index in [0.717, 1.165) is 22.0 Å². The van der Waals surface area contributed by atoms with Gasteiger partial charge < -0.3 is 21.1 Å². The molecular formula is C18H17N5O4S2. The number of aryl methyl sites for hydroxylation is 1. The maximum atomic E-state index is 11.8. The minimum Gasteiger partial charge on any atom is -0.480 e. The summed E-state index contributed by atoms with van der Waals surface area (Å²) in [7, 11) is 0. The second-order valence-corrected chi connectivity index (χ2v) is 7.79. The molecule has 4 N–H and O–H groups in total. The van der Waals surface area contributed by atoms with E-state index >= 15 is 0 Å². The first-order chi connectivity index (χ1) is 13.8. The zero-order valence-electron chi connectivity index (χ0n) is 15.5. The van der Waals surface area contributed by atoms with Crippen LogP contribution in [0.5, 0.6) is 0 Å². The van der Waals surface area contributed by atoms with Crippen LogP contribution in [0.4, 0.5) is 16.0 Å². The first-order valence-corrected chi connectivity index (χ1v) is 10.1. The van der Waals surface area contributed by atoms with Crippen molar-refractivity contribution >= 4 is 56.4 Å². The standard InChI is InChI=1S/C18H17N5O4S2/c1-9-15(29-18(20-9)21-10(2)24)13-8-28-17(23-13)22-12-5-3-11(4-6-12)16(27)19-7-14(25)26/h3-6,8H,7H2,1-2H3,(H,19,27)(H,22,23)(H,25,26)(H,20,21,24). The van der Waals surface area contributed by atoms with E-state index < -0.39 is 18.4 Å². The van der Waals surface area contributed by atoms with Gasteiger partial charge in [-0.25, -0.2) is 9.97 Å². The number of carbonyl (C=O) groups excluding carboxylic acids is 2. The number of thiazole rings is 2. The molecule has 0 aliphatic heterocycles. The monoisotopic (exact) mass is 431 g/mol. The van der Waals surface area contributed by atoms with E-state index in [2.05, 4.69) is 25.9 Å². The van der Waals surface area contributed by atoms with Crippen molar-refractivity contribution in [2.75, 3.05) is 17.2 Å². The van der Waals surface area contributed by atoms with E-state index in [4.69, 9.17) is 5.11 Å². The molecule has 9 nitrogen and oxygen atoms in total. The van der Waals surface area contributed by atoms with E-state index in [9.17, 15) is 14.4 Å². The highest BCUT2D eigenvalue weighted by atomic mass is 32.1. The van der Waals surface area contributed by atoms with Crippen molar-refractivity contribution in [2.24, 2.45) is 0 Å². The number of nitrogens with one attached hydrogen (secondary N) is 3. The number of amides is 2. The lowest BCUT2D eigenvalue weighted by Gasteiger charge is -2.05. The summed E-state index contributed by atoms with van der Waals surface area (Å²) in [5.74, 6) is -1.73. The molecule has 0 bridgehead atoms. The summed E-state index contributed by atoms with van der Waals surface area (Å²) in [6, 6.07) is 6.62. The topological polar surface area (TPSA) is 133 Å². The lowest BCUT2D eigenvalue weighted by molar-refractivity contribution is -0.135. The van der Waals surface area contributed by atoms with Crippen LogP contribution in [0.1, 0.15) is 23.0 Å². The van der Waals surface area contributed by atoms with E-state index in [-0.39, 0.29) is 5.91 Å². The number of hydrogen-bond acceptors (Lipinski definition) is 8. The Hall–Kier alpha value is -3.31. The molecule has 29 heavy (non-hydrogen) atoms. The Labute approximate surface area is 173 Å². The summed E-state index contributed by atoms with van der Waals surface area (Å²) >= 11 is 2.78. The number of benzene rings is 1. The van der Waals surface area contributed by atoms with Gasteiger partial charge in [0.05, 0.1) is 16.3 Å². The largest absolute Gasteiger partial charge is 0.480 e. The van der Waals surface area contributed by atoms with E-state index in [0.29, 0.717) is 15.8 Å². The highest BCUT2D eigenvalue weighted by Gasteiger charge is 2.14. The van der Waals surface area contributed by atoms with Crippen LogP contribution in [0.2, 0.25) is 0 Å². The SMILES string of the molecule is CC(=O)Nc1nc(C)c(-c2csc(Nc3ccc(C(=O)NCC(=O)O)cc3)n2)s1. The van der Waals surface area contributed by atoms with Crippen LogP contribution in [0.25, 0.3) is 10.6 Å². The average Bonchev–Trinajstić information content (AvgIpc) is 3.26. The molecule has 2 amide bonds. The lowest BCUT2D eigenvalue weighted by atomic mass is 10.2. The Morgan fingerprint density at radius 2 is 1.83 bits per heavy atom. The first-order valence-electron chi connectivity index (χ1n) is 8.40. The van der Waals surface area contributed by atoms with Gasteiger partial charge in [0.15, 0.2) is 10.3 Å². The molecule has 0 saturated carbocycles. The first kappa shape index (κ1) is 20.4. The molecule has 0 fully saturated rings. The molecule has 0 atom stereocenters. The molecule has 0 aliphatic carbocycles. The number of anilines is 3. The maximum Gasteiger partial charge on any atom is 0.322 e. The summed E-state index contributed by atoms with van der Waals surface area (Å²) in [5, 5.41) is 19.8. The molecule has 1 aromatic carbocycles. The molecule has 2 aromatic heterocycles. The number of carboxylic acids is 1. The molecule has 11 heteroatoms. The third kappa shape index (κ3) is 5.36. The number of rotatable bonds is 7. The number of carbonyl (C=O) groups is 3. The summed E-state index contributed by atoms with van der Waals surface area (Å²) < 4.78 is 0. The van der Waals surface area contributed by atoms with Crippen molar-refractivity contribution in [3.63, 3.8) is 0 Å². The van der Waals surface area contributed by atoms with Gasteiger partial charge in [0.2, 0.25) is 5.91 Å². The van der Waals surface area contributed by atoms with E-state index in [1.54, 1.807) is 24.3 Å². The number of hydrogen-bond donors (Lipinski definition) is 4. The van der Waals surface area contributed by atoms with Crippen LogP contribution in [0.15, 0.2) is 29.6 Å². The second-order valence-electron chi connectivity index (χ2n) is 5.93. The number of nitrogens with zero attached hydrogens (tertiary/aromatic N) is 2. The van der Waals surface area contributed by atoms with Crippen molar-refractivity contribution in [2.45, 2.75) is 13.8 Å². The minimum atomic E-state index is -1.10. The molecule has 0 radical (unpaired) electrons. The fourth-order valence-electron chi connectivity index (χ4n) is 2.36. The maximum absolute atomic E-state index is 11.8. The van der Waals surface area contributed by atoms with Crippen LogP contribution in [0, 0.1) is 6.92 Å². The summed E-state index contributed by atoms with van der Waals surface area (Å²) in [6.07, 6.45) is 0. The molecule has 3 rings (SSSR count).